The maximum Gasteiger partial charge on any atom is 0.302 e. The summed E-state index contributed by atoms with van der Waals surface area (Å²) in [6, 6.07) is 13.8. The van der Waals surface area contributed by atoms with Gasteiger partial charge in [0.2, 0.25) is 0 Å². The van der Waals surface area contributed by atoms with Gasteiger partial charge in [0.1, 0.15) is 5.76 Å². The fourth-order valence-corrected chi connectivity index (χ4v) is 3.56. The molecule has 0 saturated heterocycles. The SMILES string of the molecule is O=C(c1ccc(-c2ccccc2[N+](=O)[O-])o1)n1c(=S)[nH]c2ccc(Br)cc2c1=O. The number of nitro benzene ring substituents is 1. The topological polar surface area (TPSA) is 111 Å². The highest BCUT2D eigenvalue weighted by Gasteiger charge is 2.22. The van der Waals surface area contributed by atoms with E-state index in [0.717, 1.165) is 4.57 Å². The van der Waals surface area contributed by atoms with Crippen molar-refractivity contribution in [2.75, 3.05) is 0 Å². The van der Waals surface area contributed by atoms with Crippen molar-refractivity contribution >= 4 is 50.6 Å². The number of nitrogens with one attached hydrogen (secondary N) is 1. The van der Waals surface area contributed by atoms with E-state index in [1.165, 1.54) is 30.3 Å². The molecule has 0 spiro atoms. The van der Waals surface area contributed by atoms with Gasteiger partial charge >= 0.3 is 5.91 Å². The fraction of sp³-hybridized carbons (Fsp3) is 0. The molecule has 0 fully saturated rings. The molecule has 0 unspecified atom stereocenters. The molecule has 8 nitrogen and oxygen atoms in total. The third kappa shape index (κ3) is 3.32. The van der Waals surface area contributed by atoms with Crippen molar-refractivity contribution in [2.24, 2.45) is 0 Å². The third-order valence-electron chi connectivity index (χ3n) is 4.25. The molecule has 0 bridgehead atoms. The Morgan fingerprint density at radius 3 is 2.69 bits per heavy atom. The Bertz CT molecular complexity index is 1420. The van der Waals surface area contributed by atoms with Crippen LogP contribution in [0.4, 0.5) is 5.69 Å². The normalized spacial score (nSPS) is 10.9. The van der Waals surface area contributed by atoms with Crippen LogP contribution in [0, 0.1) is 14.9 Å². The van der Waals surface area contributed by atoms with E-state index in [1.54, 1.807) is 24.3 Å². The van der Waals surface area contributed by atoms with E-state index in [9.17, 15) is 19.7 Å². The average molecular weight is 472 g/mol. The first-order valence-electron chi connectivity index (χ1n) is 8.20. The number of hydrogen-bond donors (Lipinski definition) is 1. The largest absolute Gasteiger partial charge is 0.451 e. The van der Waals surface area contributed by atoms with Crippen LogP contribution in [0.1, 0.15) is 10.6 Å². The second-order valence-electron chi connectivity index (χ2n) is 6.00. The molecule has 4 rings (SSSR count). The van der Waals surface area contributed by atoms with Gasteiger partial charge < -0.3 is 9.40 Å². The molecule has 0 aliphatic rings. The second-order valence-corrected chi connectivity index (χ2v) is 7.31. The van der Waals surface area contributed by atoms with Gasteiger partial charge in [-0.05, 0) is 48.6 Å². The van der Waals surface area contributed by atoms with Crippen molar-refractivity contribution in [1.82, 2.24) is 9.55 Å². The van der Waals surface area contributed by atoms with Crippen LogP contribution < -0.4 is 5.56 Å². The number of carbonyl (C=O) groups is 1. The van der Waals surface area contributed by atoms with Crippen LogP contribution in [0.5, 0.6) is 0 Å². The molecule has 2 aromatic carbocycles. The zero-order chi connectivity index (χ0) is 20.7. The van der Waals surface area contributed by atoms with Crippen molar-refractivity contribution in [3.05, 3.63) is 90.1 Å². The lowest BCUT2D eigenvalue weighted by Gasteiger charge is -2.06. The van der Waals surface area contributed by atoms with E-state index in [-0.39, 0.29) is 32.9 Å². The number of nitro groups is 1. The Morgan fingerprint density at radius 2 is 1.93 bits per heavy atom. The zero-order valence-electron chi connectivity index (χ0n) is 14.4. The molecular formula is C19H10BrN3O5S. The Hall–Kier alpha value is -3.37. The van der Waals surface area contributed by atoms with Crippen LogP contribution in [0.3, 0.4) is 0 Å². The summed E-state index contributed by atoms with van der Waals surface area (Å²) in [5, 5.41) is 11.5. The van der Waals surface area contributed by atoms with Crippen LogP contribution in [-0.4, -0.2) is 20.4 Å². The predicted octanol–water partition coefficient (Wildman–Crippen LogP) is 4.68. The minimum atomic E-state index is -0.775. The number of para-hydroxylation sites is 1. The Kier molecular flexibility index (Phi) is 4.73. The van der Waals surface area contributed by atoms with E-state index in [1.807, 2.05) is 0 Å². The summed E-state index contributed by atoms with van der Waals surface area (Å²) in [6.45, 7) is 0. The number of benzene rings is 2. The Morgan fingerprint density at radius 1 is 1.17 bits per heavy atom. The molecule has 0 saturated carbocycles. The molecule has 0 amide bonds. The highest BCUT2D eigenvalue weighted by Crippen LogP contribution is 2.31. The molecule has 4 aromatic rings. The van der Waals surface area contributed by atoms with Gasteiger partial charge in [0.15, 0.2) is 10.5 Å². The number of halogens is 1. The standard InChI is InChI=1S/C19H10BrN3O5S/c20-10-5-6-13-12(9-10)17(24)22(19(29)21-13)18(25)16-8-7-15(28-16)11-3-1-2-4-14(11)23(26)27/h1-9H,(H,21,29). The van der Waals surface area contributed by atoms with Gasteiger partial charge in [0.25, 0.3) is 11.2 Å². The van der Waals surface area contributed by atoms with Gasteiger partial charge in [-0.3, -0.25) is 19.7 Å². The van der Waals surface area contributed by atoms with Gasteiger partial charge in [0, 0.05) is 10.5 Å². The molecular weight excluding hydrogens is 462 g/mol. The van der Waals surface area contributed by atoms with Crippen LogP contribution in [0.15, 0.2) is 68.3 Å². The summed E-state index contributed by atoms with van der Waals surface area (Å²) in [6.07, 6.45) is 0. The van der Waals surface area contributed by atoms with Crippen LogP contribution in [0.2, 0.25) is 0 Å². The molecule has 29 heavy (non-hydrogen) atoms. The van der Waals surface area contributed by atoms with Gasteiger partial charge in [-0.15, -0.1) is 0 Å². The highest BCUT2D eigenvalue weighted by atomic mass is 79.9. The number of aromatic amines is 1. The Balaban J connectivity index is 1.83. The highest BCUT2D eigenvalue weighted by molar-refractivity contribution is 9.10. The maximum atomic E-state index is 12.9. The second kappa shape index (κ2) is 7.22. The molecule has 0 aliphatic carbocycles. The molecule has 144 valence electrons. The van der Waals surface area contributed by atoms with Crippen molar-refractivity contribution < 1.29 is 14.1 Å². The minimum Gasteiger partial charge on any atom is -0.451 e. The number of carbonyl (C=O) groups excluding carboxylic acids is 1. The fourth-order valence-electron chi connectivity index (χ4n) is 2.92. The number of nitrogens with zero attached hydrogens (tertiary/aromatic N) is 2. The van der Waals surface area contributed by atoms with Gasteiger partial charge in [-0.2, -0.15) is 0 Å². The average Bonchev–Trinajstić information content (AvgIpc) is 3.18. The monoisotopic (exact) mass is 471 g/mol. The summed E-state index contributed by atoms with van der Waals surface area (Å²) >= 11 is 8.47. The minimum absolute atomic E-state index is 0.0848. The summed E-state index contributed by atoms with van der Waals surface area (Å²) < 4.78 is 6.92. The van der Waals surface area contributed by atoms with E-state index in [2.05, 4.69) is 20.9 Å². The first kappa shape index (κ1) is 19.0. The van der Waals surface area contributed by atoms with E-state index in [4.69, 9.17) is 16.6 Å². The molecule has 2 heterocycles. The van der Waals surface area contributed by atoms with Crippen LogP contribution in [0.25, 0.3) is 22.2 Å². The number of furan rings is 1. The van der Waals surface area contributed by atoms with E-state index >= 15 is 0 Å². The number of fused-ring (bicyclic) bond motifs is 1. The first-order chi connectivity index (χ1) is 13.9. The first-order valence-corrected chi connectivity index (χ1v) is 9.40. The molecule has 0 radical (unpaired) electrons. The van der Waals surface area contributed by atoms with Crippen molar-refractivity contribution in [3.8, 4) is 11.3 Å². The lowest BCUT2D eigenvalue weighted by Crippen LogP contribution is -2.28. The number of rotatable bonds is 3. The molecule has 0 atom stereocenters. The molecule has 0 aliphatic heterocycles. The lowest BCUT2D eigenvalue weighted by molar-refractivity contribution is -0.384. The maximum absolute atomic E-state index is 12.9. The van der Waals surface area contributed by atoms with E-state index < -0.39 is 16.4 Å². The van der Waals surface area contributed by atoms with Crippen molar-refractivity contribution in [3.63, 3.8) is 0 Å². The number of aromatic nitrogens is 2. The third-order valence-corrected chi connectivity index (χ3v) is 5.02. The summed E-state index contributed by atoms with van der Waals surface area (Å²) in [5.74, 6) is -0.816. The lowest BCUT2D eigenvalue weighted by atomic mass is 10.1. The molecule has 10 heteroatoms. The molecule has 1 N–H and O–H groups in total. The Labute approximate surface area is 175 Å². The smallest absolute Gasteiger partial charge is 0.302 e. The summed E-state index contributed by atoms with van der Waals surface area (Å²) in [4.78, 5) is 39.3. The van der Waals surface area contributed by atoms with Crippen molar-refractivity contribution in [1.29, 1.82) is 0 Å². The van der Waals surface area contributed by atoms with Gasteiger partial charge in [0.05, 0.1) is 21.4 Å². The number of hydrogen-bond acceptors (Lipinski definition) is 6. The van der Waals surface area contributed by atoms with Crippen molar-refractivity contribution in [2.45, 2.75) is 0 Å². The zero-order valence-corrected chi connectivity index (χ0v) is 16.8. The van der Waals surface area contributed by atoms with Crippen LogP contribution in [-0.2, 0) is 0 Å². The quantitative estimate of drug-likeness (QED) is 0.263. The molecule has 2 aromatic heterocycles. The van der Waals surface area contributed by atoms with Crippen LogP contribution >= 0.6 is 28.1 Å². The number of H-pyrrole nitrogens is 1. The van der Waals surface area contributed by atoms with Gasteiger partial charge in [-0.25, -0.2) is 4.57 Å². The summed E-state index contributed by atoms with van der Waals surface area (Å²) in [7, 11) is 0. The predicted molar refractivity (Wildman–Crippen MR) is 112 cm³/mol. The van der Waals surface area contributed by atoms with Gasteiger partial charge in [-0.1, -0.05) is 28.1 Å². The summed E-state index contributed by atoms with van der Waals surface area (Å²) in [5.41, 5.74) is -0.0478. The van der Waals surface area contributed by atoms with E-state index in [0.29, 0.717) is 9.99 Å².